The summed E-state index contributed by atoms with van der Waals surface area (Å²) in [6.07, 6.45) is 1.66. The van der Waals surface area contributed by atoms with Gasteiger partial charge in [0, 0.05) is 11.8 Å². The molecule has 0 bridgehead atoms. The molecule has 4 aromatic rings. The molecule has 8 heteroatoms. The zero-order chi connectivity index (χ0) is 17.4. The third-order valence-electron chi connectivity index (χ3n) is 4.12. The first-order chi connectivity index (χ1) is 12.1. The van der Waals surface area contributed by atoms with Crippen molar-refractivity contribution in [2.45, 2.75) is 19.9 Å². The summed E-state index contributed by atoms with van der Waals surface area (Å²) >= 11 is 0. The maximum atomic E-state index is 12.7. The predicted octanol–water partition coefficient (Wildman–Crippen LogP) is 2.13. The number of carbonyl (C=O) groups excluding carboxylic acids is 1. The molecule has 3 heterocycles. The number of H-pyrrole nitrogens is 1. The van der Waals surface area contributed by atoms with Crippen molar-refractivity contribution in [2.24, 2.45) is 5.92 Å². The Balaban J connectivity index is 1.63. The van der Waals surface area contributed by atoms with Crippen molar-refractivity contribution in [1.29, 1.82) is 0 Å². The lowest BCUT2D eigenvalue weighted by atomic mass is 10.0. The highest BCUT2D eigenvalue weighted by atomic mass is 16.1. The number of rotatable bonds is 4. The number of hydrogen-bond donors (Lipinski definition) is 2. The van der Waals surface area contributed by atoms with Gasteiger partial charge in [0.2, 0.25) is 0 Å². The molecule has 0 radical (unpaired) electrons. The van der Waals surface area contributed by atoms with Gasteiger partial charge in [-0.3, -0.25) is 4.79 Å². The molecule has 0 aliphatic carbocycles. The number of imidazole rings is 1. The molecule has 0 saturated heterocycles. The van der Waals surface area contributed by atoms with Crippen LogP contribution in [-0.2, 0) is 0 Å². The smallest absolute Gasteiger partial charge is 0.252 e. The largest absolute Gasteiger partial charge is 0.342 e. The second kappa shape index (κ2) is 5.97. The van der Waals surface area contributed by atoms with E-state index in [1.54, 1.807) is 18.3 Å². The summed E-state index contributed by atoms with van der Waals surface area (Å²) in [6.45, 7) is 4.09. The number of aromatic nitrogens is 6. The first-order valence-corrected chi connectivity index (χ1v) is 8.05. The Morgan fingerprint density at radius 3 is 2.88 bits per heavy atom. The number of nitrogens with one attached hydrogen (secondary N) is 2. The Labute approximate surface area is 143 Å². The summed E-state index contributed by atoms with van der Waals surface area (Å²) in [5.74, 6) is 0.724. The van der Waals surface area contributed by atoms with Crippen molar-refractivity contribution in [3.8, 4) is 0 Å². The van der Waals surface area contributed by atoms with E-state index in [-0.39, 0.29) is 17.9 Å². The fourth-order valence-corrected chi connectivity index (χ4v) is 2.78. The number of tetrazole rings is 1. The average molecular weight is 335 g/mol. The van der Waals surface area contributed by atoms with Crippen molar-refractivity contribution in [3.63, 3.8) is 0 Å². The van der Waals surface area contributed by atoms with Gasteiger partial charge in [0.1, 0.15) is 5.82 Å². The van der Waals surface area contributed by atoms with Crippen LogP contribution in [0.25, 0.3) is 16.7 Å². The summed E-state index contributed by atoms with van der Waals surface area (Å²) in [5.41, 5.74) is 2.86. The monoisotopic (exact) mass is 335 g/mol. The molecule has 0 spiro atoms. The Morgan fingerprint density at radius 2 is 2.08 bits per heavy atom. The van der Waals surface area contributed by atoms with Gasteiger partial charge < -0.3 is 10.3 Å². The van der Waals surface area contributed by atoms with Gasteiger partial charge in [-0.2, -0.15) is 0 Å². The minimum Gasteiger partial charge on any atom is -0.342 e. The number of carbonyl (C=O) groups is 1. The minimum atomic E-state index is -0.230. The van der Waals surface area contributed by atoms with Crippen LogP contribution in [0.15, 0.2) is 42.6 Å². The van der Waals surface area contributed by atoms with Crippen molar-refractivity contribution >= 4 is 22.6 Å². The number of para-hydroxylation sites is 2. The summed E-state index contributed by atoms with van der Waals surface area (Å²) < 4.78 is 1.51. The van der Waals surface area contributed by atoms with Crippen molar-refractivity contribution < 1.29 is 4.79 Å². The highest BCUT2D eigenvalue weighted by molar-refractivity contribution is 5.95. The van der Waals surface area contributed by atoms with E-state index in [1.165, 1.54) is 4.52 Å². The van der Waals surface area contributed by atoms with Crippen LogP contribution < -0.4 is 5.32 Å². The topological polar surface area (TPSA) is 101 Å². The molecule has 1 atom stereocenters. The Kier molecular flexibility index (Phi) is 3.64. The van der Waals surface area contributed by atoms with E-state index in [0.29, 0.717) is 11.2 Å². The van der Waals surface area contributed by atoms with E-state index < -0.39 is 0 Å². The van der Waals surface area contributed by atoms with Crippen LogP contribution >= 0.6 is 0 Å². The first kappa shape index (κ1) is 15.3. The molecule has 2 N–H and O–H groups in total. The maximum Gasteiger partial charge on any atom is 0.252 e. The summed E-state index contributed by atoms with van der Waals surface area (Å²) in [6, 6.07) is 10.9. The lowest BCUT2D eigenvalue weighted by Gasteiger charge is -2.20. The molecule has 25 heavy (non-hydrogen) atoms. The fraction of sp³-hybridized carbons (Fsp3) is 0.235. The third kappa shape index (κ3) is 2.82. The number of pyridine rings is 1. The van der Waals surface area contributed by atoms with Crippen LogP contribution in [0.2, 0.25) is 0 Å². The lowest BCUT2D eigenvalue weighted by Crippen LogP contribution is -2.32. The average Bonchev–Trinajstić information content (AvgIpc) is 3.24. The Morgan fingerprint density at radius 1 is 1.24 bits per heavy atom. The van der Waals surface area contributed by atoms with E-state index >= 15 is 0 Å². The Bertz CT molecular complexity index is 1020. The Hall–Kier alpha value is -3.29. The van der Waals surface area contributed by atoms with Gasteiger partial charge in [0.05, 0.1) is 17.1 Å². The van der Waals surface area contributed by atoms with Gasteiger partial charge in [-0.15, -0.1) is 5.10 Å². The zero-order valence-electron chi connectivity index (χ0n) is 13.8. The molecule has 1 unspecified atom stereocenters. The van der Waals surface area contributed by atoms with E-state index in [2.05, 4.69) is 30.8 Å². The second-order valence-corrected chi connectivity index (χ2v) is 6.23. The van der Waals surface area contributed by atoms with E-state index in [9.17, 15) is 4.79 Å². The van der Waals surface area contributed by atoms with Crippen molar-refractivity contribution in [3.05, 3.63) is 54.0 Å². The number of benzene rings is 1. The molecule has 3 aromatic heterocycles. The van der Waals surface area contributed by atoms with Crippen LogP contribution in [0.4, 0.5) is 0 Å². The number of fused-ring (bicyclic) bond motifs is 2. The third-order valence-corrected chi connectivity index (χ3v) is 4.12. The van der Waals surface area contributed by atoms with Gasteiger partial charge in [-0.25, -0.2) is 9.50 Å². The number of aromatic amines is 1. The van der Waals surface area contributed by atoms with Crippen LogP contribution in [-0.4, -0.2) is 35.9 Å². The normalized spacial score (nSPS) is 12.8. The molecule has 8 nitrogen and oxygen atoms in total. The molecular formula is C17H17N7O. The second-order valence-electron chi connectivity index (χ2n) is 6.23. The van der Waals surface area contributed by atoms with E-state index in [1.807, 2.05) is 38.1 Å². The van der Waals surface area contributed by atoms with Crippen LogP contribution in [0.1, 0.15) is 36.1 Å². The highest BCUT2D eigenvalue weighted by Crippen LogP contribution is 2.22. The molecule has 1 aromatic carbocycles. The van der Waals surface area contributed by atoms with E-state index in [0.717, 1.165) is 16.9 Å². The molecule has 0 aliphatic heterocycles. The van der Waals surface area contributed by atoms with E-state index in [4.69, 9.17) is 0 Å². The van der Waals surface area contributed by atoms with Gasteiger partial charge in [-0.1, -0.05) is 26.0 Å². The summed E-state index contributed by atoms with van der Waals surface area (Å²) in [4.78, 5) is 20.6. The molecule has 0 fully saturated rings. The minimum absolute atomic E-state index is 0.169. The molecule has 1 amide bonds. The summed E-state index contributed by atoms with van der Waals surface area (Å²) in [5, 5.41) is 14.3. The lowest BCUT2D eigenvalue weighted by molar-refractivity contribution is 0.0923. The highest BCUT2D eigenvalue weighted by Gasteiger charge is 2.22. The molecule has 126 valence electrons. The fourth-order valence-electron chi connectivity index (χ4n) is 2.78. The van der Waals surface area contributed by atoms with Crippen LogP contribution in [0.3, 0.4) is 0 Å². The van der Waals surface area contributed by atoms with Crippen LogP contribution in [0.5, 0.6) is 0 Å². The molecular weight excluding hydrogens is 318 g/mol. The molecule has 4 rings (SSSR count). The van der Waals surface area contributed by atoms with Gasteiger partial charge in [0.15, 0.2) is 5.65 Å². The molecule has 0 aliphatic rings. The number of nitrogens with zero attached hydrogens (tertiary/aromatic N) is 5. The number of hydrogen-bond acceptors (Lipinski definition) is 5. The van der Waals surface area contributed by atoms with Gasteiger partial charge in [-0.05, 0) is 40.6 Å². The predicted molar refractivity (Wildman–Crippen MR) is 91.9 cm³/mol. The van der Waals surface area contributed by atoms with Crippen molar-refractivity contribution in [1.82, 2.24) is 35.3 Å². The summed E-state index contributed by atoms with van der Waals surface area (Å²) in [7, 11) is 0. The molecule has 0 saturated carbocycles. The number of amides is 1. The quantitative estimate of drug-likeness (QED) is 0.595. The van der Waals surface area contributed by atoms with Crippen molar-refractivity contribution in [2.75, 3.05) is 0 Å². The van der Waals surface area contributed by atoms with Gasteiger partial charge in [0.25, 0.3) is 5.91 Å². The van der Waals surface area contributed by atoms with Gasteiger partial charge >= 0.3 is 0 Å². The first-order valence-electron chi connectivity index (χ1n) is 8.05. The standard InChI is InChI=1S/C17H17N7O/c1-10(2)15(16-18-12-5-3-4-6-13(12)19-16)20-17(25)11-7-8-24-14(9-11)21-22-23-24/h3-10,15H,1-2H3,(H,18,19)(H,20,25). The SMILES string of the molecule is CC(C)C(NC(=O)c1ccn2nnnc2c1)c1nc2ccccc2[nH]1. The van der Waals surface area contributed by atoms with Crippen LogP contribution in [0, 0.1) is 5.92 Å². The maximum absolute atomic E-state index is 12.7. The zero-order valence-corrected chi connectivity index (χ0v) is 13.8.